The monoisotopic (exact) mass is 471 g/mol. The molecule has 2 aromatic carbocycles. The minimum Gasteiger partial charge on any atom is -0.383 e. The molecule has 3 heterocycles. The summed E-state index contributed by atoms with van der Waals surface area (Å²) < 4.78 is 1.11. The smallest absolute Gasteiger partial charge is 0.237 e. The van der Waals surface area contributed by atoms with Gasteiger partial charge in [-0.15, -0.1) is 11.3 Å². The second-order valence-electron chi connectivity index (χ2n) is 7.65. The summed E-state index contributed by atoms with van der Waals surface area (Å²) in [6.07, 6.45) is 1.46. The Morgan fingerprint density at radius 2 is 1.87 bits per heavy atom. The highest BCUT2D eigenvalue weighted by Crippen LogP contribution is 2.33. The number of halogens is 2. The Labute approximate surface area is 193 Å². The van der Waals surface area contributed by atoms with Crippen molar-refractivity contribution < 1.29 is 4.79 Å². The van der Waals surface area contributed by atoms with E-state index in [1.807, 2.05) is 35.2 Å². The van der Waals surface area contributed by atoms with Crippen molar-refractivity contribution >= 4 is 67.3 Å². The lowest BCUT2D eigenvalue weighted by Gasteiger charge is -2.34. The third-order valence-electron chi connectivity index (χ3n) is 5.49. The number of hydrogen-bond donors (Lipinski definition) is 1. The van der Waals surface area contributed by atoms with E-state index in [0.29, 0.717) is 35.5 Å². The first-order valence-corrected chi connectivity index (χ1v) is 11.4. The van der Waals surface area contributed by atoms with Gasteiger partial charge in [0, 0.05) is 41.1 Å². The molecular formula is C22H19Cl2N5OS. The molecule has 1 fully saturated rings. The van der Waals surface area contributed by atoms with Crippen LogP contribution in [0.3, 0.4) is 0 Å². The van der Waals surface area contributed by atoms with Crippen molar-refractivity contribution in [2.45, 2.75) is 13.1 Å². The van der Waals surface area contributed by atoms with Crippen LogP contribution in [0.4, 0.5) is 5.82 Å². The number of thiophene rings is 1. The summed E-state index contributed by atoms with van der Waals surface area (Å²) in [5.74, 6) is 0.591. The van der Waals surface area contributed by atoms with Crippen LogP contribution in [0.25, 0.3) is 21.0 Å². The molecule has 0 unspecified atom stereocenters. The molecule has 6 nitrogen and oxygen atoms in total. The molecule has 31 heavy (non-hydrogen) atoms. The van der Waals surface area contributed by atoms with Crippen molar-refractivity contribution in [3.8, 4) is 0 Å². The molecule has 1 saturated heterocycles. The fourth-order valence-electron chi connectivity index (χ4n) is 3.89. The number of anilines is 1. The molecule has 0 radical (unpaired) electrons. The quantitative estimate of drug-likeness (QED) is 0.471. The molecule has 0 atom stereocenters. The fourth-order valence-corrected chi connectivity index (χ4v) is 5.42. The summed E-state index contributed by atoms with van der Waals surface area (Å²) in [5, 5.41) is 3.03. The zero-order valence-corrected chi connectivity index (χ0v) is 18.8. The Bertz CT molecular complexity index is 1270. The van der Waals surface area contributed by atoms with Gasteiger partial charge in [-0.05, 0) is 41.3 Å². The highest BCUT2D eigenvalue weighted by molar-refractivity contribution is 7.19. The summed E-state index contributed by atoms with van der Waals surface area (Å²) in [6.45, 7) is 3.21. The SMILES string of the molecule is Nc1ncnc2cc(CN3CCN(Cc4cc5cc(Cl)c(Cl)cc5s4)CC3=O)ccc12. The van der Waals surface area contributed by atoms with Gasteiger partial charge in [-0.3, -0.25) is 9.69 Å². The molecule has 0 spiro atoms. The molecule has 5 rings (SSSR count). The second kappa shape index (κ2) is 8.24. The summed E-state index contributed by atoms with van der Waals surface area (Å²) in [6, 6.07) is 11.8. The standard InChI is InChI=1S/C22H19Cl2N5OS/c23-17-7-14-6-15(31-20(14)8-18(17)24)10-28-3-4-29(21(30)11-28)9-13-1-2-16-19(5-13)26-12-27-22(16)25/h1-2,5-8,12H,3-4,9-11H2,(H2,25,26,27). The Morgan fingerprint density at radius 1 is 1.03 bits per heavy atom. The molecular weight excluding hydrogens is 453 g/mol. The maximum Gasteiger partial charge on any atom is 0.237 e. The molecule has 9 heteroatoms. The molecule has 1 aliphatic heterocycles. The fraction of sp³-hybridized carbons (Fsp3) is 0.227. The van der Waals surface area contributed by atoms with Crippen molar-refractivity contribution in [3.63, 3.8) is 0 Å². The van der Waals surface area contributed by atoms with Gasteiger partial charge in [-0.2, -0.15) is 0 Å². The van der Waals surface area contributed by atoms with E-state index in [1.54, 1.807) is 11.3 Å². The van der Waals surface area contributed by atoms with Gasteiger partial charge >= 0.3 is 0 Å². The first-order chi connectivity index (χ1) is 15.0. The van der Waals surface area contributed by atoms with Gasteiger partial charge in [0.2, 0.25) is 5.91 Å². The van der Waals surface area contributed by atoms with Gasteiger partial charge < -0.3 is 10.6 Å². The number of nitrogens with two attached hydrogens (primary N) is 1. The highest BCUT2D eigenvalue weighted by atomic mass is 35.5. The van der Waals surface area contributed by atoms with Gasteiger partial charge in [-0.1, -0.05) is 29.3 Å². The maximum absolute atomic E-state index is 12.8. The van der Waals surface area contributed by atoms with Crippen molar-refractivity contribution in [1.82, 2.24) is 19.8 Å². The highest BCUT2D eigenvalue weighted by Gasteiger charge is 2.24. The first-order valence-electron chi connectivity index (χ1n) is 9.83. The molecule has 0 saturated carbocycles. The van der Waals surface area contributed by atoms with E-state index in [1.165, 1.54) is 11.2 Å². The zero-order chi connectivity index (χ0) is 21.5. The average molecular weight is 472 g/mol. The Morgan fingerprint density at radius 3 is 2.71 bits per heavy atom. The summed E-state index contributed by atoms with van der Waals surface area (Å²) in [5.41, 5.74) is 7.72. The number of rotatable bonds is 4. The first kappa shape index (κ1) is 20.5. The van der Waals surface area contributed by atoms with E-state index in [4.69, 9.17) is 28.9 Å². The van der Waals surface area contributed by atoms with Gasteiger partial charge in [-0.25, -0.2) is 9.97 Å². The maximum atomic E-state index is 12.8. The lowest BCUT2D eigenvalue weighted by molar-refractivity contribution is -0.136. The number of amides is 1. The Hall–Kier alpha value is -2.45. The topological polar surface area (TPSA) is 75.3 Å². The molecule has 0 aliphatic carbocycles. The van der Waals surface area contributed by atoms with Crippen LogP contribution in [0, 0.1) is 0 Å². The molecule has 1 amide bonds. The lowest BCUT2D eigenvalue weighted by atomic mass is 10.1. The molecule has 2 aromatic heterocycles. The normalized spacial score (nSPS) is 15.3. The largest absolute Gasteiger partial charge is 0.383 e. The molecule has 0 bridgehead atoms. The minimum absolute atomic E-state index is 0.126. The van der Waals surface area contributed by atoms with Crippen LogP contribution in [0.5, 0.6) is 0 Å². The van der Waals surface area contributed by atoms with E-state index in [0.717, 1.165) is 39.6 Å². The van der Waals surface area contributed by atoms with E-state index in [2.05, 4.69) is 20.9 Å². The minimum atomic E-state index is 0.126. The van der Waals surface area contributed by atoms with Crippen molar-refractivity contribution in [1.29, 1.82) is 0 Å². The molecule has 1 aliphatic rings. The number of carbonyl (C=O) groups excluding carboxylic acids is 1. The number of nitrogen functional groups attached to an aromatic ring is 1. The number of aromatic nitrogens is 2. The Kier molecular flexibility index (Phi) is 5.44. The summed E-state index contributed by atoms with van der Waals surface area (Å²) in [4.78, 5) is 26.4. The van der Waals surface area contributed by atoms with Crippen LogP contribution in [0.15, 0.2) is 42.7 Å². The third kappa shape index (κ3) is 4.19. The third-order valence-corrected chi connectivity index (χ3v) is 7.30. The van der Waals surface area contributed by atoms with Crippen LogP contribution in [-0.2, 0) is 17.9 Å². The van der Waals surface area contributed by atoms with Gasteiger partial charge in [0.1, 0.15) is 12.1 Å². The van der Waals surface area contributed by atoms with Crippen LogP contribution in [0.2, 0.25) is 10.0 Å². The van der Waals surface area contributed by atoms with Crippen LogP contribution in [-0.4, -0.2) is 45.3 Å². The predicted octanol–water partition coefficient (Wildman–Crippen LogP) is 4.58. The lowest BCUT2D eigenvalue weighted by Crippen LogP contribution is -2.49. The number of hydrogen-bond acceptors (Lipinski definition) is 6. The Balaban J connectivity index is 1.25. The van der Waals surface area contributed by atoms with Crippen LogP contribution in [0.1, 0.15) is 10.4 Å². The summed E-state index contributed by atoms with van der Waals surface area (Å²) >= 11 is 13.9. The van der Waals surface area contributed by atoms with E-state index in [-0.39, 0.29) is 5.91 Å². The summed E-state index contributed by atoms with van der Waals surface area (Å²) in [7, 11) is 0. The number of fused-ring (bicyclic) bond motifs is 2. The van der Waals surface area contributed by atoms with Crippen LogP contribution < -0.4 is 5.73 Å². The number of piperazine rings is 1. The van der Waals surface area contributed by atoms with E-state index >= 15 is 0 Å². The van der Waals surface area contributed by atoms with Gasteiger partial charge in [0.25, 0.3) is 0 Å². The molecule has 4 aromatic rings. The zero-order valence-electron chi connectivity index (χ0n) is 16.5. The molecule has 158 valence electrons. The van der Waals surface area contributed by atoms with Gasteiger partial charge in [0.15, 0.2) is 0 Å². The van der Waals surface area contributed by atoms with E-state index < -0.39 is 0 Å². The number of benzene rings is 2. The van der Waals surface area contributed by atoms with E-state index in [9.17, 15) is 4.79 Å². The number of nitrogens with zero attached hydrogens (tertiary/aromatic N) is 4. The predicted molar refractivity (Wildman–Crippen MR) is 126 cm³/mol. The van der Waals surface area contributed by atoms with Crippen molar-refractivity contribution in [2.24, 2.45) is 0 Å². The molecule has 2 N–H and O–H groups in total. The van der Waals surface area contributed by atoms with Gasteiger partial charge in [0.05, 0.1) is 22.1 Å². The second-order valence-corrected chi connectivity index (χ2v) is 9.64. The van der Waals surface area contributed by atoms with Crippen molar-refractivity contribution in [2.75, 3.05) is 25.4 Å². The van der Waals surface area contributed by atoms with Crippen molar-refractivity contribution in [3.05, 3.63) is 63.2 Å². The average Bonchev–Trinajstić information content (AvgIpc) is 3.11. The number of carbonyl (C=O) groups is 1. The van der Waals surface area contributed by atoms with Crippen LogP contribution >= 0.6 is 34.5 Å².